The minimum Gasteiger partial charge on any atom is -0.384 e. The van der Waals surface area contributed by atoms with Gasteiger partial charge in [0.2, 0.25) is 0 Å². The highest BCUT2D eigenvalue weighted by atomic mass is 35.5. The van der Waals surface area contributed by atoms with Gasteiger partial charge in [0.15, 0.2) is 0 Å². The maximum absolute atomic E-state index is 12.9. The summed E-state index contributed by atoms with van der Waals surface area (Å²) in [5.41, 5.74) is 7.06. The van der Waals surface area contributed by atoms with Gasteiger partial charge in [-0.2, -0.15) is 5.10 Å². The van der Waals surface area contributed by atoms with Crippen LogP contribution in [0.25, 0.3) is 11.3 Å². The summed E-state index contributed by atoms with van der Waals surface area (Å²) >= 11 is 5.67. The zero-order chi connectivity index (χ0) is 11.0. The normalized spacial score (nSPS) is 10.6. The van der Waals surface area contributed by atoms with Crippen LogP contribution in [0.5, 0.6) is 0 Å². The lowest BCUT2D eigenvalue weighted by molar-refractivity contribution is 0.628. The number of anilines is 1. The molecule has 0 aliphatic heterocycles. The van der Waals surface area contributed by atoms with Crippen molar-refractivity contribution in [2.45, 2.75) is 0 Å². The van der Waals surface area contributed by atoms with Crippen LogP contribution in [-0.2, 0) is 7.05 Å². The third-order valence-electron chi connectivity index (χ3n) is 2.13. The SMILES string of the molecule is Cn1nc(-c2ccc(F)c(Cl)c2)cc1N. The number of aromatic nitrogens is 2. The molecule has 0 unspecified atom stereocenters. The summed E-state index contributed by atoms with van der Waals surface area (Å²) in [5, 5.41) is 4.24. The van der Waals surface area contributed by atoms with Crippen LogP contribution in [0.4, 0.5) is 10.2 Å². The van der Waals surface area contributed by atoms with Gasteiger partial charge in [-0.25, -0.2) is 4.39 Å². The minimum absolute atomic E-state index is 0.0803. The molecule has 0 saturated carbocycles. The molecule has 0 fully saturated rings. The summed E-state index contributed by atoms with van der Waals surface area (Å²) < 4.78 is 14.5. The van der Waals surface area contributed by atoms with Crippen LogP contribution >= 0.6 is 11.6 Å². The lowest BCUT2D eigenvalue weighted by Crippen LogP contribution is -1.96. The molecule has 78 valence electrons. The third kappa shape index (κ3) is 1.80. The molecule has 5 heteroatoms. The van der Waals surface area contributed by atoms with E-state index in [4.69, 9.17) is 17.3 Å². The van der Waals surface area contributed by atoms with Crippen LogP contribution < -0.4 is 5.73 Å². The van der Waals surface area contributed by atoms with Gasteiger partial charge in [-0.15, -0.1) is 0 Å². The van der Waals surface area contributed by atoms with Crippen molar-refractivity contribution in [3.8, 4) is 11.3 Å². The number of nitrogens with zero attached hydrogens (tertiary/aromatic N) is 2. The van der Waals surface area contributed by atoms with Crippen LogP contribution in [0.2, 0.25) is 5.02 Å². The van der Waals surface area contributed by atoms with E-state index in [1.54, 1.807) is 23.9 Å². The number of hydrogen-bond donors (Lipinski definition) is 1. The van der Waals surface area contributed by atoms with E-state index < -0.39 is 5.82 Å². The Morgan fingerprint density at radius 2 is 2.13 bits per heavy atom. The highest BCUT2D eigenvalue weighted by Crippen LogP contribution is 2.24. The van der Waals surface area contributed by atoms with Crippen molar-refractivity contribution in [3.05, 3.63) is 35.1 Å². The van der Waals surface area contributed by atoms with Gasteiger partial charge in [0.1, 0.15) is 11.6 Å². The molecule has 2 aromatic rings. The molecule has 0 spiro atoms. The zero-order valence-corrected chi connectivity index (χ0v) is 8.79. The zero-order valence-electron chi connectivity index (χ0n) is 8.04. The van der Waals surface area contributed by atoms with Crippen molar-refractivity contribution in [3.63, 3.8) is 0 Å². The molecule has 3 nitrogen and oxygen atoms in total. The van der Waals surface area contributed by atoms with Gasteiger partial charge in [-0.05, 0) is 18.2 Å². The Bertz CT molecular complexity index is 488. The van der Waals surface area contributed by atoms with Crippen LogP contribution in [-0.4, -0.2) is 9.78 Å². The lowest BCUT2D eigenvalue weighted by Gasteiger charge is -1.98. The van der Waals surface area contributed by atoms with Gasteiger partial charge in [0.05, 0.1) is 10.7 Å². The van der Waals surface area contributed by atoms with Gasteiger partial charge in [-0.1, -0.05) is 11.6 Å². The van der Waals surface area contributed by atoms with Crippen LogP contribution in [0.1, 0.15) is 0 Å². The molecule has 2 rings (SSSR count). The van der Waals surface area contributed by atoms with Gasteiger partial charge < -0.3 is 5.73 Å². The van der Waals surface area contributed by atoms with Crippen molar-refractivity contribution in [2.75, 3.05) is 5.73 Å². The van der Waals surface area contributed by atoms with E-state index in [-0.39, 0.29) is 5.02 Å². The Labute approximate surface area is 91.3 Å². The first-order chi connectivity index (χ1) is 7.08. The van der Waals surface area contributed by atoms with Crippen molar-refractivity contribution in [2.24, 2.45) is 7.05 Å². The van der Waals surface area contributed by atoms with E-state index in [2.05, 4.69) is 5.10 Å². The largest absolute Gasteiger partial charge is 0.384 e. The van der Waals surface area contributed by atoms with E-state index in [0.717, 1.165) is 5.56 Å². The lowest BCUT2D eigenvalue weighted by atomic mass is 10.1. The Morgan fingerprint density at radius 1 is 1.40 bits per heavy atom. The molecule has 1 aromatic carbocycles. The smallest absolute Gasteiger partial charge is 0.141 e. The predicted molar refractivity (Wildman–Crippen MR) is 58.0 cm³/mol. The first-order valence-corrected chi connectivity index (χ1v) is 4.70. The predicted octanol–water partition coefficient (Wildman–Crippen LogP) is 2.46. The number of nitrogens with two attached hydrogens (primary N) is 1. The molecule has 2 N–H and O–H groups in total. The Hall–Kier alpha value is -1.55. The van der Waals surface area contributed by atoms with E-state index in [1.807, 2.05) is 0 Å². The average Bonchev–Trinajstić information content (AvgIpc) is 2.52. The van der Waals surface area contributed by atoms with Gasteiger partial charge in [-0.3, -0.25) is 4.68 Å². The number of aryl methyl sites for hydroxylation is 1. The number of rotatable bonds is 1. The van der Waals surface area contributed by atoms with Crippen molar-refractivity contribution in [1.82, 2.24) is 9.78 Å². The number of benzene rings is 1. The maximum Gasteiger partial charge on any atom is 0.141 e. The quantitative estimate of drug-likeness (QED) is 0.810. The number of hydrogen-bond acceptors (Lipinski definition) is 2. The van der Waals surface area contributed by atoms with E-state index in [9.17, 15) is 4.39 Å². The number of halogens is 2. The monoisotopic (exact) mass is 225 g/mol. The molecular weight excluding hydrogens is 217 g/mol. The molecule has 0 bridgehead atoms. The third-order valence-corrected chi connectivity index (χ3v) is 2.42. The molecule has 0 radical (unpaired) electrons. The second kappa shape index (κ2) is 3.55. The summed E-state index contributed by atoms with van der Waals surface area (Å²) in [6.07, 6.45) is 0. The first-order valence-electron chi connectivity index (χ1n) is 4.33. The van der Waals surface area contributed by atoms with Crippen molar-refractivity contribution < 1.29 is 4.39 Å². The van der Waals surface area contributed by atoms with Gasteiger partial charge in [0.25, 0.3) is 0 Å². The van der Waals surface area contributed by atoms with Crippen LogP contribution in [0.3, 0.4) is 0 Å². The molecule has 0 atom stereocenters. The molecule has 0 aliphatic rings. The minimum atomic E-state index is -0.440. The Balaban J connectivity index is 2.49. The van der Waals surface area contributed by atoms with E-state index in [1.165, 1.54) is 12.1 Å². The summed E-state index contributed by atoms with van der Waals surface area (Å²) in [4.78, 5) is 0. The average molecular weight is 226 g/mol. The molecule has 15 heavy (non-hydrogen) atoms. The van der Waals surface area contributed by atoms with Crippen molar-refractivity contribution in [1.29, 1.82) is 0 Å². The number of nitrogen functional groups attached to an aromatic ring is 1. The second-order valence-corrected chi connectivity index (χ2v) is 3.61. The Kier molecular flexibility index (Phi) is 2.36. The van der Waals surface area contributed by atoms with E-state index >= 15 is 0 Å². The molecule has 1 heterocycles. The van der Waals surface area contributed by atoms with Crippen LogP contribution in [0.15, 0.2) is 24.3 Å². The highest BCUT2D eigenvalue weighted by Gasteiger charge is 2.07. The van der Waals surface area contributed by atoms with Crippen LogP contribution in [0, 0.1) is 5.82 Å². The fourth-order valence-corrected chi connectivity index (χ4v) is 1.46. The molecule has 0 saturated heterocycles. The summed E-state index contributed by atoms with van der Waals surface area (Å²) in [6.45, 7) is 0. The summed E-state index contributed by atoms with van der Waals surface area (Å²) in [5.74, 6) is 0.106. The standard InChI is InChI=1S/C10H9ClFN3/c1-15-10(13)5-9(14-15)6-2-3-8(12)7(11)4-6/h2-5H,13H2,1H3. The van der Waals surface area contributed by atoms with Crippen molar-refractivity contribution >= 4 is 17.4 Å². The topological polar surface area (TPSA) is 43.8 Å². The molecule has 0 amide bonds. The fourth-order valence-electron chi connectivity index (χ4n) is 1.28. The van der Waals surface area contributed by atoms with E-state index in [0.29, 0.717) is 11.5 Å². The molecule has 0 aliphatic carbocycles. The second-order valence-electron chi connectivity index (χ2n) is 3.21. The Morgan fingerprint density at radius 3 is 2.67 bits per heavy atom. The first kappa shape index (κ1) is 9.98. The molecular formula is C10H9ClFN3. The maximum atomic E-state index is 12.9. The van der Waals surface area contributed by atoms with Gasteiger partial charge in [0, 0.05) is 18.7 Å². The fraction of sp³-hybridized carbons (Fsp3) is 0.100. The highest BCUT2D eigenvalue weighted by molar-refractivity contribution is 6.31. The molecule has 1 aromatic heterocycles. The van der Waals surface area contributed by atoms with Gasteiger partial charge >= 0.3 is 0 Å². The summed E-state index contributed by atoms with van der Waals surface area (Å²) in [7, 11) is 1.74. The summed E-state index contributed by atoms with van der Waals surface area (Å²) in [6, 6.07) is 6.16.